The van der Waals surface area contributed by atoms with Crippen LogP contribution in [0, 0.1) is 5.92 Å². The van der Waals surface area contributed by atoms with Crippen LogP contribution in [0.3, 0.4) is 0 Å². The summed E-state index contributed by atoms with van der Waals surface area (Å²) >= 11 is 5.99. The summed E-state index contributed by atoms with van der Waals surface area (Å²) in [6.45, 7) is 5.66. The molecule has 0 aromatic heterocycles. The van der Waals surface area contributed by atoms with Crippen molar-refractivity contribution in [3.05, 3.63) is 34.9 Å². The van der Waals surface area contributed by atoms with E-state index in [4.69, 9.17) is 11.6 Å². The van der Waals surface area contributed by atoms with Gasteiger partial charge in [0.05, 0.1) is 0 Å². The van der Waals surface area contributed by atoms with E-state index in [2.05, 4.69) is 30.3 Å². The number of nitrogens with one attached hydrogen (secondary N) is 1. The van der Waals surface area contributed by atoms with Gasteiger partial charge in [-0.05, 0) is 57.0 Å². The Morgan fingerprint density at radius 2 is 2.33 bits per heavy atom. The van der Waals surface area contributed by atoms with E-state index >= 15 is 0 Å². The van der Waals surface area contributed by atoms with Crippen molar-refractivity contribution in [3.63, 3.8) is 0 Å². The number of likely N-dealkylation sites (tertiary alicyclic amines) is 1. The lowest BCUT2D eigenvalue weighted by Crippen LogP contribution is -2.42. The second kappa shape index (κ2) is 6.55. The topological polar surface area (TPSA) is 15.3 Å². The normalized spacial score (nSPS) is 22.9. The number of hydrogen-bond donors (Lipinski definition) is 1. The summed E-state index contributed by atoms with van der Waals surface area (Å²) in [7, 11) is 2.22. The van der Waals surface area contributed by atoms with Crippen molar-refractivity contribution in [3.8, 4) is 0 Å². The Kier molecular flexibility index (Phi) is 5.04. The van der Waals surface area contributed by atoms with Crippen molar-refractivity contribution in [1.82, 2.24) is 10.2 Å². The van der Waals surface area contributed by atoms with Crippen LogP contribution in [0.4, 0.5) is 0 Å². The summed E-state index contributed by atoms with van der Waals surface area (Å²) in [4.78, 5) is 2.44. The fourth-order valence-corrected chi connectivity index (χ4v) is 2.92. The molecular formula is C15H23ClN2. The molecule has 0 amide bonds. The highest BCUT2D eigenvalue weighted by atomic mass is 35.5. The van der Waals surface area contributed by atoms with Crippen LogP contribution >= 0.6 is 11.6 Å². The molecule has 2 unspecified atom stereocenters. The van der Waals surface area contributed by atoms with Gasteiger partial charge in [0, 0.05) is 24.2 Å². The van der Waals surface area contributed by atoms with Crippen LogP contribution in [-0.2, 0) is 6.54 Å². The van der Waals surface area contributed by atoms with Crippen LogP contribution < -0.4 is 5.32 Å². The molecule has 1 aliphatic heterocycles. The molecule has 1 saturated heterocycles. The van der Waals surface area contributed by atoms with E-state index in [9.17, 15) is 0 Å². The average Bonchev–Trinajstić information content (AvgIpc) is 2.36. The van der Waals surface area contributed by atoms with Crippen LogP contribution in [0.1, 0.15) is 25.3 Å². The van der Waals surface area contributed by atoms with Gasteiger partial charge in [0.15, 0.2) is 0 Å². The molecule has 2 rings (SSSR count). The maximum atomic E-state index is 5.99. The Bertz CT molecular complexity index is 381. The molecular weight excluding hydrogens is 244 g/mol. The molecule has 1 fully saturated rings. The number of nitrogens with zero attached hydrogens (tertiary/aromatic N) is 1. The van der Waals surface area contributed by atoms with Crippen LogP contribution in [0.5, 0.6) is 0 Å². The zero-order valence-corrected chi connectivity index (χ0v) is 12.1. The van der Waals surface area contributed by atoms with Gasteiger partial charge >= 0.3 is 0 Å². The van der Waals surface area contributed by atoms with Gasteiger partial charge in [-0.2, -0.15) is 0 Å². The average molecular weight is 267 g/mol. The second-order valence-corrected chi connectivity index (χ2v) is 5.90. The summed E-state index contributed by atoms with van der Waals surface area (Å²) < 4.78 is 0. The molecule has 1 heterocycles. The molecule has 0 spiro atoms. The maximum Gasteiger partial charge on any atom is 0.0409 e. The summed E-state index contributed by atoms with van der Waals surface area (Å²) in [6.07, 6.45) is 2.67. The van der Waals surface area contributed by atoms with Crippen molar-refractivity contribution >= 4 is 11.6 Å². The maximum absolute atomic E-state index is 5.99. The number of piperidine rings is 1. The van der Waals surface area contributed by atoms with E-state index < -0.39 is 0 Å². The van der Waals surface area contributed by atoms with Crippen molar-refractivity contribution in [1.29, 1.82) is 0 Å². The first-order valence-electron chi connectivity index (χ1n) is 6.81. The van der Waals surface area contributed by atoms with Crippen molar-refractivity contribution in [2.45, 2.75) is 32.4 Å². The molecule has 2 atom stereocenters. The molecule has 0 aliphatic carbocycles. The van der Waals surface area contributed by atoms with Crippen LogP contribution in [0.25, 0.3) is 0 Å². The monoisotopic (exact) mass is 266 g/mol. The Hall–Kier alpha value is -0.570. The molecule has 0 bridgehead atoms. The summed E-state index contributed by atoms with van der Waals surface area (Å²) in [6, 6.07) is 8.65. The molecule has 18 heavy (non-hydrogen) atoms. The fourth-order valence-electron chi connectivity index (χ4n) is 2.71. The van der Waals surface area contributed by atoms with E-state index in [1.807, 2.05) is 18.2 Å². The quantitative estimate of drug-likeness (QED) is 0.901. The second-order valence-electron chi connectivity index (χ2n) is 5.46. The number of halogens is 1. The highest BCUT2D eigenvalue weighted by Gasteiger charge is 2.22. The van der Waals surface area contributed by atoms with Gasteiger partial charge in [0.25, 0.3) is 0 Å². The van der Waals surface area contributed by atoms with E-state index in [-0.39, 0.29) is 0 Å². The van der Waals surface area contributed by atoms with E-state index in [0.717, 1.165) is 17.5 Å². The first-order chi connectivity index (χ1) is 8.65. The van der Waals surface area contributed by atoms with E-state index in [1.165, 1.54) is 31.5 Å². The molecule has 1 aromatic carbocycles. The standard InChI is InChI=1S/C15H23ClN2/c1-12(14-6-4-8-18(2)11-14)17-10-13-5-3-7-15(16)9-13/h3,5,7,9,12,14,17H,4,6,8,10-11H2,1-2H3. The molecule has 3 heteroatoms. The molecule has 0 saturated carbocycles. The van der Waals surface area contributed by atoms with E-state index in [1.54, 1.807) is 0 Å². The largest absolute Gasteiger partial charge is 0.310 e. The SMILES string of the molecule is CC(NCc1cccc(Cl)c1)C1CCCN(C)C1. The molecule has 2 nitrogen and oxygen atoms in total. The van der Waals surface area contributed by atoms with Gasteiger partial charge in [-0.15, -0.1) is 0 Å². The Labute approximate surface area is 115 Å². The van der Waals surface area contributed by atoms with Gasteiger partial charge in [0.1, 0.15) is 0 Å². The third-order valence-corrected chi connectivity index (χ3v) is 4.12. The van der Waals surface area contributed by atoms with Crippen molar-refractivity contribution in [2.75, 3.05) is 20.1 Å². The highest BCUT2D eigenvalue weighted by Crippen LogP contribution is 2.19. The molecule has 1 aromatic rings. The highest BCUT2D eigenvalue weighted by molar-refractivity contribution is 6.30. The van der Waals surface area contributed by atoms with Crippen molar-refractivity contribution in [2.24, 2.45) is 5.92 Å². The number of rotatable bonds is 4. The minimum absolute atomic E-state index is 0.562. The summed E-state index contributed by atoms with van der Waals surface area (Å²) in [5.74, 6) is 0.767. The zero-order valence-electron chi connectivity index (χ0n) is 11.3. The lowest BCUT2D eigenvalue weighted by molar-refractivity contribution is 0.178. The molecule has 1 N–H and O–H groups in total. The lowest BCUT2D eigenvalue weighted by atomic mass is 9.92. The third-order valence-electron chi connectivity index (χ3n) is 3.89. The number of hydrogen-bond acceptors (Lipinski definition) is 2. The lowest BCUT2D eigenvalue weighted by Gasteiger charge is -2.34. The minimum atomic E-state index is 0.562. The predicted molar refractivity (Wildman–Crippen MR) is 78.0 cm³/mol. The molecule has 0 radical (unpaired) electrons. The third kappa shape index (κ3) is 3.98. The Morgan fingerprint density at radius 3 is 3.06 bits per heavy atom. The van der Waals surface area contributed by atoms with E-state index in [0.29, 0.717) is 6.04 Å². The van der Waals surface area contributed by atoms with Gasteiger partial charge in [-0.1, -0.05) is 23.7 Å². The first kappa shape index (κ1) is 13.9. The predicted octanol–water partition coefficient (Wildman–Crippen LogP) is 3.16. The van der Waals surface area contributed by atoms with Crippen LogP contribution in [0.15, 0.2) is 24.3 Å². The van der Waals surface area contributed by atoms with Gasteiger partial charge in [-0.3, -0.25) is 0 Å². The fraction of sp³-hybridized carbons (Fsp3) is 0.600. The summed E-state index contributed by atoms with van der Waals surface area (Å²) in [5.41, 5.74) is 1.26. The Balaban J connectivity index is 1.82. The Morgan fingerprint density at radius 1 is 1.50 bits per heavy atom. The summed E-state index contributed by atoms with van der Waals surface area (Å²) in [5, 5.41) is 4.45. The van der Waals surface area contributed by atoms with Crippen LogP contribution in [-0.4, -0.2) is 31.1 Å². The minimum Gasteiger partial charge on any atom is -0.310 e. The first-order valence-corrected chi connectivity index (χ1v) is 7.19. The molecule has 1 aliphatic rings. The zero-order chi connectivity index (χ0) is 13.0. The van der Waals surface area contributed by atoms with Gasteiger partial charge < -0.3 is 10.2 Å². The van der Waals surface area contributed by atoms with Gasteiger partial charge in [-0.25, -0.2) is 0 Å². The van der Waals surface area contributed by atoms with Gasteiger partial charge in [0.2, 0.25) is 0 Å². The number of benzene rings is 1. The molecule has 100 valence electrons. The van der Waals surface area contributed by atoms with Crippen molar-refractivity contribution < 1.29 is 0 Å². The van der Waals surface area contributed by atoms with Crippen LogP contribution in [0.2, 0.25) is 5.02 Å². The smallest absolute Gasteiger partial charge is 0.0409 e.